The summed E-state index contributed by atoms with van der Waals surface area (Å²) in [5.74, 6) is 0. The minimum absolute atomic E-state index is 0.819. The Bertz CT molecular complexity index is 399. The fourth-order valence-electron chi connectivity index (χ4n) is 5.57. The van der Waals surface area contributed by atoms with Crippen molar-refractivity contribution >= 4 is 0 Å². The van der Waals surface area contributed by atoms with Crippen LogP contribution in [0.2, 0.25) is 0 Å². The molecule has 0 atom stereocenters. The highest BCUT2D eigenvalue weighted by molar-refractivity contribution is 4.71. The summed E-state index contributed by atoms with van der Waals surface area (Å²) in [5.41, 5.74) is 23.0. The predicted molar refractivity (Wildman–Crippen MR) is 167 cm³/mol. The lowest BCUT2D eigenvalue weighted by molar-refractivity contribution is 0.154. The molecular weight excluding hydrogens is 472 g/mol. The molecule has 0 unspecified atom stereocenters. The summed E-state index contributed by atoms with van der Waals surface area (Å²) in [6.07, 6.45) is 17.3. The molecular formula is C30H68N8. The van der Waals surface area contributed by atoms with Crippen molar-refractivity contribution in [2.75, 3.05) is 105 Å². The van der Waals surface area contributed by atoms with Crippen LogP contribution in [-0.2, 0) is 0 Å². The van der Waals surface area contributed by atoms with Crippen LogP contribution in [-0.4, -0.2) is 124 Å². The molecule has 228 valence electrons. The van der Waals surface area contributed by atoms with Crippen LogP contribution >= 0.6 is 0 Å². The fourth-order valence-corrected chi connectivity index (χ4v) is 5.57. The minimum atomic E-state index is 0.819. The van der Waals surface area contributed by atoms with Gasteiger partial charge in [-0.2, -0.15) is 0 Å². The van der Waals surface area contributed by atoms with Crippen LogP contribution in [0.25, 0.3) is 0 Å². The van der Waals surface area contributed by atoms with Gasteiger partial charge in [-0.3, -0.25) is 0 Å². The Labute approximate surface area is 237 Å². The molecule has 1 rings (SSSR count). The van der Waals surface area contributed by atoms with Gasteiger partial charge in [0, 0.05) is 26.2 Å². The van der Waals surface area contributed by atoms with E-state index < -0.39 is 0 Å². The third-order valence-electron chi connectivity index (χ3n) is 8.08. The van der Waals surface area contributed by atoms with Crippen molar-refractivity contribution < 1.29 is 0 Å². The molecule has 1 aliphatic heterocycles. The minimum Gasteiger partial charge on any atom is -0.330 e. The molecule has 0 bridgehead atoms. The molecule has 0 aromatic heterocycles. The second-order valence-corrected chi connectivity index (χ2v) is 11.5. The first-order valence-corrected chi connectivity index (χ1v) is 16.4. The van der Waals surface area contributed by atoms with Crippen LogP contribution in [0.15, 0.2) is 0 Å². The monoisotopic (exact) mass is 541 g/mol. The lowest BCUT2D eigenvalue weighted by Gasteiger charge is -2.32. The number of nitrogens with zero attached hydrogens (tertiary/aromatic N) is 4. The fraction of sp³-hybridized carbons (Fsp3) is 1.00. The zero-order valence-corrected chi connectivity index (χ0v) is 25.3. The highest BCUT2D eigenvalue weighted by Gasteiger charge is 2.15. The van der Waals surface area contributed by atoms with E-state index in [0.29, 0.717) is 0 Å². The molecule has 1 saturated heterocycles. The van der Waals surface area contributed by atoms with E-state index in [4.69, 9.17) is 22.9 Å². The van der Waals surface area contributed by atoms with E-state index in [9.17, 15) is 0 Å². The Morgan fingerprint density at radius 3 is 0.737 bits per heavy atom. The summed E-state index contributed by atoms with van der Waals surface area (Å²) in [5, 5.41) is 0. The van der Waals surface area contributed by atoms with Gasteiger partial charge in [-0.15, -0.1) is 0 Å². The number of rotatable bonds is 20. The quantitative estimate of drug-likeness (QED) is 0.174. The summed E-state index contributed by atoms with van der Waals surface area (Å²) in [4.78, 5) is 11.0. The molecule has 0 aromatic rings. The smallest absolute Gasteiger partial charge is 0.0109 e. The van der Waals surface area contributed by atoms with E-state index in [1.807, 2.05) is 0 Å². The van der Waals surface area contributed by atoms with Crippen molar-refractivity contribution in [3.05, 3.63) is 0 Å². The number of nitrogens with two attached hydrogens (primary N) is 4. The topological polar surface area (TPSA) is 117 Å². The molecule has 1 aliphatic rings. The van der Waals surface area contributed by atoms with E-state index in [2.05, 4.69) is 19.6 Å². The third-order valence-corrected chi connectivity index (χ3v) is 8.08. The maximum Gasteiger partial charge on any atom is 0.0109 e. The van der Waals surface area contributed by atoms with Gasteiger partial charge in [-0.25, -0.2) is 0 Å². The maximum absolute atomic E-state index is 5.75. The lowest BCUT2D eigenvalue weighted by Crippen LogP contribution is -2.42. The molecule has 38 heavy (non-hydrogen) atoms. The second-order valence-electron chi connectivity index (χ2n) is 11.5. The predicted octanol–water partition coefficient (Wildman–Crippen LogP) is 2.50. The van der Waals surface area contributed by atoms with Crippen molar-refractivity contribution in [3.63, 3.8) is 0 Å². The van der Waals surface area contributed by atoms with Crippen molar-refractivity contribution in [2.24, 2.45) is 22.9 Å². The normalized spacial score (nSPS) is 18.6. The molecule has 8 nitrogen and oxygen atoms in total. The Balaban J connectivity index is 2.77. The van der Waals surface area contributed by atoms with Gasteiger partial charge in [0.1, 0.15) is 0 Å². The van der Waals surface area contributed by atoms with E-state index in [1.54, 1.807) is 0 Å². The molecule has 0 saturated carbocycles. The van der Waals surface area contributed by atoms with Crippen LogP contribution in [0.4, 0.5) is 0 Å². The summed E-state index contributed by atoms with van der Waals surface area (Å²) >= 11 is 0. The Hall–Kier alpha value is -0.320. The van der Waals surface area contributed by atoms with Crippen molar-refractivity contribution in [1.82, 2.24) is 19.6 Å². The van der Waals surface area contributed by atoms with Crippen molar-refractivity contribution in [1.29, 1.82) is 0 Å². The van der Waals surface area contributed by atoms with Crippen LogP contribution < -0.4 is 22.9 Å². The molecule has 0 amide bonds. The lowest BCUT2D eigenvalue weighted by atomic mass is 10.2. The molecule has 0 aliphatic carbocycles. The van der Waals surface area contributed by atoms with Gasteiger partial charge in [-0.1, -0.05) is 25.7 Å². The van der Waals surface area contributed by atoms with Gasteiger partial charge < -0.3 is 42.5 Å². The third kappa shape index (κ3) is 20.6. The van der Waals surface area contributed by atoms with Crippen molar-refractivity contribution in [3.8, 4) is 0 Å². The van der Waals surface area contributed by atoms with Gasteiger partial charge in [0.15, 0.2) is 0 Å². The van der Waals surface area contributed by atoms with Crippen LogP contribution in [0.3, 0.4) is 0 Å². The van der Waals surface area contributed by atoms with E-state index in [0.717, 1.165) is 51.9 Å². The average molecular weight is 541 g/mol. The van der Waals surface area contributed by atoms with Gasteiger partial charge in [0.2, 0.25) is 0 Å². The van der Waals surface area contributed by atoms with Crippen molar-refractivity contribution in [2.45, 2.75) is 89.9 Å². The Morgan fingerprint density at radius 1 is 0.289 bits per heavy atom. The van der Waals surface area contributed by atoms with Crippen LogP contribution in [0.1, 0.15) is 89.9 Å². The first kappa shape index (κ1) is 35.7. The van der Waals surface area contributed by atoms with E-state index >= 15 is 0 Å². The summed E-state index contributed by atoms with van der Waals surface area (Å²) in [7, 11) is 0. The molecule has 8 N–H and O–H groups in total. The summed E-state index contributed by atoms with van der Waals surface area (Å²) < 4.78 is 0. The first-order chi connectivity index (χ1) is 18.7. The van der Waals surface area contributed by atoms with Crippen LogP contribution in [0, 0.1) is 0 Å². The number of unbranched alkanes of at least 4 members (excludes halogenated alkanes) is 8. The molecule has 0 radical (unpaired) electrons. The Kier molecular flexibility index (Phi) is 25.3. The van der Waals surface area contributed by atoms with Gasteiger partial charge in [0.25, 0.3) is 0 Å². The molecule has 8 heteroatoms. The standard InChI is InChI=1S/C30H68N8/c31-15-5-1-9-19-35-23-13-24-37(21-11-3-7-17-33)29-30-38(22-12-4-8-18-34)26-14-25-36(28-27-35)20-10-2-6-16-32/h1-34H2. The highest BCUT2D eigenvalue weighted by atomic mass is 15.2. The second kappa shape index (κ2) is 26.9. The largest absolute Gasteiger partial charge is 0.330 e. The maximum atomic E-state index is 5.75. The number of hydrogen-bond donors (Lipinski definition) is 4. The SMILES string of the molecule is NCCCCCN1CCCN(CCCCCN)CCN(CCCCCN)CCCN(CCCCCN)CC1. The molecule has 0 aromatic carbocycles. The van der Waals surface area contributed by atoms with Gasteiger partial charge in [-0.05, 0) is 143 Å². The zero-order valence-electron chi connectivity index (χ0n) is 25.3. The average Bonchev–Trinajstić information content (AvgIpc) is 2.93. The van der Waals surface area contributed by atoms with E-state index in [-0.39, 0.29) is 0 Å². The van der Waals surface area contributed by atoms with E-state index in [1.165, 1.54) is 143 Å². The zero-order chi connectivity index (χ0) is 27.5. The highest BCUT2D eigenvalue weighted by Crippen LogP contribution is 2.08. The molecule has 1 heterocycles. The molecule has 0 spiro atoms. The first-order valence-electron chi connectivity index (χ1n) is 16.4. The summed E-state index contributed by atoms with van der Waals surface area (Å²) in [6, 6.07) is 0. The van der Waals surface area contributed by atoms with Gasteiger partial charge >= 0.3 is 0 Å². The Morgan fingerprint density at radius 2 is 0.526 bits per heavy atom. The summed E-state index contributed by atoms with van der Waals surface area (Å²) in [6.45, 7) is 17.8. The van der Waals surface area contributed by atoms with Gasteiger partial charge in [0.05, 0.1) is 0 Å². The van der Waals surface area contributed by atoms with Crippen LogP contribution in [0.5, 0.6) is 0 Å². The number of hydrogen-bond acceptors (Lipinski definition) is 8. The molecule has 1 fully saturated rings.